The van der Waals surface area contributed by atoms with Crippen LogP contribution in [0.3, 0.4) is 0 Å². The molecule has 0 bridgehead atoms. The molecule has 0 aliphatic rings. The van der Waals surface area contributed by atoms with Crippen molar-refractivity contribution in [1.29, 1.82) is 0 Å². The van der Waals surface area contributed by atoms with Crippen molar-refractivity contribution in [3.8, 4) is 0 Å². The van der Waals surface area contributed by atoms with Crippen LogP contribution < -0.4 is 5.73 Å². The number of nitrogens with zero attached hydrogens (tertiary/aromatic N) is 1. The van der Waals surface area contributed by atoms with Gasteiger partial charge in [0, 0.05) is 12.2 Å². The van der Waals surface area contributed by atoms with Gasteiger partial charge in [-0.2, -0.15) is 0 Å². The fourth-order valence-electron chi connectivity index (χ4n) is 2.21. The molecule has 0 aliphatic heterocycles. The summed E-state index contributed by atoms with van der Waals surface area (Å²) in [5.41, 5.74) is 6.90. The number of rotatable bonds is 9. The van der Waals surface area contributed by atoms with Gasteiger partial charge in [0.2, 0.25) is 0 Å². The molecule has 1 heterocycles. The van der Waals surface area contributed by atoms with E-state index in [0.29, 0.717) is 18.0 Å². The molecule has 0 atom stereocenters. The number of nitrogen functional groups attached to an aromatic ring is 1. The van der Waals surface area contributed by atoms with Crippen LogP contribution >= 0.6 is 0 Å². The van der Waals surface area contributed by atoms with Crippen molar-refractivity contribution < 1.29 is 9.53 Å². The van der Waals surface area contributed by atoms with E-state index in [4.69, 9.17) is 10.5 Å². The molecule has 114 valence electrons. The number of unbranched alkanes of at least 4 members (excludes halogenated alkanes) is 5. The van der Waals surface area contributed by atoms with Gasteiger partial charge in [-0.15, -0.1) is 0 Å². The number of nitrogens with two attached hydrogens (primary N) is 1. The summed E-state index contributed by atoms with van der Waals surface area (Å²) < 4.78 is 7.18. The van der Waals surface area contributed by atoms with Crippen LogP contribution in [0.1, 0.15) is 75.8 Å². The van der Waals surface area contributed by atoms with Crippen LogP contribution in [0.15, 0.2) is 12.3 Å². The smallest absolute Gasteiger partial charge is 0.355 e. The molecule has 4 nitrogen and oxygen atoms in total. The van der Waals surface area contributed by atoms with Crippen LogP contribution in [-0.2, 0) is 4.74 Å². The highest BCUT2D eigenvalue weighted by Gasteiger charge is 2.15. The van der Waals surface area contributed by atoms with Crippen LogP contribution in [0.25, 0.3) is 0 Å². The van der Waals surface area contributed by atoms with E-state index in [2.05, 4.69) is 6.92 Å². The molecule has 20 heavy (non-hydrogen) atoms. The molecule has 1 aromatic heterocycles. The van der Waals surface area contributed by atoms with Gasteiger partial charge >= 0.3 is 5.97 Å². The van der Waals surface area contributed by atoms with E-state index in [0.717, 1.165) is 12.8 Å². The highest BCUT2D eigenvalue weighted by molar-refractivity contribution is 5.89. The maximum Gasteiger partial charge on any atom is 0.355 e. The number of carbonyl (C=O) groups is 1. The molecular formula is C16H28N2O2. The van der Waals surface area contributed by atoms with E-state index in [1.54, 1.807) is 12.3 Å². The number of ether oxygens (including phenoxy) is 1. The molecule has 1 aromatic rings. The topological polar surface area (TPSA) is 57.2 Å². The zero-order valence-corrected chi connectivity index (χ0v) is 13.0. The molecule has 1 rings (SSSR count). The second kappa shape index (κ2) is 8.67. The van der Waals surface area contributed by atoms with E-state index >= 15 is 0 Å². The minimum Gasteiger partial charge on any atom is -0.461 e. The third-order valence-electron chi connectivity index (χ3n) is 3.37. The summed E-state index contributed by atoms with van der Waals surface area (Å²) in [4.78, 5) is 12.0. The Kier molecular flexibility index (Phi) is 7.20. The fourth-order valence-corrected chi connectivity index (χ4v) is 2.21. The molecule has 0 unspecified atom stereocenters. The minimum absolute atomic E-state index is 0.198. The first kappa shape index (κ1) is 16.6. The van der Waals surface area contributed by atoms with Crippen LogP contribution in [0.4, 0.5) is 5.69 Å². The first-order valence-electron chi connectivity index (χ1n) is 7.70. The number of hydrogen-bond acceptors (Lipinski definition) is 3. The van der Waals surface area contributed by atoms with E-state index in [1.807, 2.05) is 18.4 Å². The summed E-state index contributed by atoms with van der Waals surface area (Å²) in [6, 6.07) is 1.88. The number of carbonyl (C=O) groups excluding carboxylic acids is 1. The molecule has 2 N–H and O–H groups in total. The van der Waals surface area contributed by atoms with Gasteiger partial charge in [-0.25, -0.2) is 4.79 Å². The van der Waals surface area contributed by atoms with Crippen molar-refractivity contribution in [1.82, 2.24) is 4.57 Å². The summed E-state index contributed by atoms with van der Waals surface area (Å²) in [7, 11) is 0. The van der Waals surface area contributed by atoms with Crippen molar-refractivity contribution in [2.75, 3.05) is 12.3 Å². The molecule has 0 fully saturated rings. The van der Waals surface area contributed by atoms with Gasteiger partial charge in [-0.1, -0.05) is 39.0 Å². The maximum absolute atomic E-state index is 12.0. The van der Waals surface area contributed by atoms with Gasteiger partial charge in [0.05, 0.1) is 12.3 Å². The zero-order chi connectivity index (χ0) is 15.0. The standard InChI is InChI=1S/C16H28N2O2/c1-4-5-6-7-8-9-10-20-16(19)15-11-14(17)12-18(15)13(2)3/h11-13H,4-10,17H2,1-3H3. The molecule has 0 radical (unpaired) electrons. The molecule has 0 aliphatic carbocycles. The Balaban J connectivity index is 2.32. The summed E-state index contributed by atoms with van der Waals surface area (Å²) in [6.07, 6.45) is 8.89. The average Bonchev–Trinajstić information content (AvgIpc) is 2.80. The summed E-state index contributed by atoms with van der Waals surface area (Å²) in [5, 5.41) is 0. The number of anilines is 1. The predicted octanol–water partition coefficient (Wildman–Crippen LogP) is 4.17. The van der Waals surface area contributed by atoms with E-state index in [-0.39, 0.29) is 12.0 Å². The number of esters is 1. The lowest BCUT2D eigenvalue weighted by Crippen LogP contribution is -2.13. The first-order chi connectivity index (χ1) is 9.56. The van der Waals surface area contributed by atoms with Gasteiger partial charge in [0.15, 0.2) is 0 Å². The van der Waals surface area contributed by atoms with Gasteiger partial charge in [0.1, 0.15) is 5.69 Å². The zero-order valence-electron chi connectivity index (χ0n) is 13.0. The van der Waals surface area contributed by atoms with Crippen molar-refractivity contribution in [2.45, 2.75) is 65.3 Å². The molecule has 0 saturated heterocycles. The van der Waals surface area contributed by atoms with Crippen molar-refractivity contribution in [2.24, 2.45) is 0 Å². The lowest BCUT2D eigenvalue weighted by molar-refractivity contribution is 0.0483. The van der Waals surface area contributed by atoms with Crippen molar-refractivity contribution in [3.63, 3.8) is 0 Å². The quantitative estimate of drug-likeness (QED) is 0.545. The Bertz CT molecular complexity index is 411. The number of aromatic nitrogens is 1. The maximum atomic E-state index is 12.0. The third kappa shape index (κ3) is 5.27. The third-order valence-corrected chi connectivity index (χ3v) is 3.37. The van der Waals surface area contributed by atoms with E-state index in [1.165, 1.54) is 25.7 Å². The normalized spacial score (nSPS) is 11.0. The highest BCUT2D eigenvalue weighted by Crippen LogP contribution is 2.17. The SMILES string of the molecule is CCCCCCCCOC(=O)c1cc(N)cn1C(C)C. The van der Waals surface area contributed by atoms with Crippen LogP contribution in [0.5, 0.6) is 0 Å². The second-order valence-electron chi connectivity index (χ2n) is 5.56. The molecule has 0 aromatic carbocycles. The monoisotopic (exact) mass is 280 g/mol. The highest BCUT2D eigenvalue weighted by atomic mass is 16.5. The second-order valence-corrected chi connectivity index (χ2v) is 5.56. The van der Waals surface area contributed by atoms with E-state index < -0.39 is 0 Å². The lowest BCUT2D eigenvalue weighted by atomic mass is 10.1. The average molecular weight is 280 g/mol. The summed E-state index contributed by atoms with van der Waals surface area (Å²) >= 11 is 0. The minimum atomic E-state index is -0.274. The molecular weight excluding hydrogens is 252 g/mol. The van der Waals surface area contributed by atoms with Gasteiger partial charge in [-0.3, -0.25) is 0 Å². The predicted molar refractivity (Wildman–Crippen MR) is 82.9 cm³/mol. The Morgan fingerprint density at radius 1 is 1.25 bits per heavy atom. The largest absolute Gasteiger partial charge is 0.461 e. The molecule has 4 heteroatoms. The Hall–Kier alpha value is -1.45. The van der Waals surface area contributed by atoms with Crippen molar-refractivity contribution in [3.05, 3.63) is 18.0 Å². The van der Waals surface area contributed by atoms with E-state index in [9.17, 15) is 4.79 Å². The number of hydrogen-bond donors (Lipinski definition) is 1. The van der Waals surface area contributed by atoms with Gasteiger partial charge < -0.3 is 15.0 Å². The van der Waals surface area contributed by atoms with Gasteiger partial charge in [-0.05, 0) is 26.3 Å². The Morgan fingerprint density at radius 2 is 1.90 bits per heavy atom. The van der Waals surface area contributed by atoms with Crippen molar-refractivity contribution >= 4 is 11.7 Å². The summed E-state index contributed by atoms with van der Waals surface area (Å²) in [5.74, 6) is -0.274. The van der Waals surface area contributed by atoms with Crippen LogP contribution in [-0.4, -0.2) is 17.1 Å². The molecule has 0 amide bonds. The van der Waals surface area contributed by atoms with Crippen LogP contribution in [0.2, 0.25) is 0 Å². The summed E-state index contributed by atoms with van der Waals surface area (Å²) in [6.45, 7) is 6.74. The molecule has 0 spiro atoms. The van der Waals surface area contributed by atoms with Crippen LogP contribution in [0, 0.1) is 0 Å². The fraction of sp³-hybridized carbons (Fsp3) is 0.688. The Labute approximate surface area is 122 Å². The lowest BCUT2D eigenvalue weighted by Gasteiger charge is -2.12. The Morgan fingerprint density at radius 3 is 2.55 bits per heavy atom. The van der Waals surface area contributed by atoms with Gasteiger partial charge in [0.25, 0.3) is 0 Å². The molecule has 0 saturated carbocycles. The first-order valence-corrected chi connectivity index (χ1v) is 7.70.